The van der Waals surface area contributed by atoms with Gasteiger partial charge in [-0.1, -0.05) is 30.3 Å². The lowest BCUT2D eigenvalue weighted by Gasteiger charge is -2.18. The number of carbonyl (C=O) groups excluding carboxylic acids is 2. The Morgan fingerprint density at radius 1 is 1.06 bits per heavy atom. The predicted molar refractivity (Wildman–Crippen MR) is 120 cm³/mol. The molecular weight excluding hydrogens is 390 g/mol. The topological polar surface area (TPSA) is 85.5 Å². The van der Waals surface area contributed by atoms with E-state index in [-0.39, 0.29) is 11.8 Å². The van der Waals surface area contributed by atoms with Crippen LogP contribution in [0, 0.1) is 20.8 Å². The second-order valence-electron chi connectivity index (χ2n) is 8.02. The molecule has 0 aliphatic carbocycles. The Morgan fingerprint density at radius 2 is 1.81 bits per heavy atom. The molecule has 0 spiro atoms. The van der Waals surface area contributed by atoms with Crippen molar-refractivity contribution in [2.24, 2.45) is 5.73 Å². The van der Waals surface area contributed by atoms with E-state index < -0.39 is 5.91 Å². The summed E-state index contributed by atoms with van der Waals surface area (Å²) >= 11 is 0. The molecule has 2 N–H and O–H groups in total. The summed E-state index contributed by atoms with van der Waals surface area (Å²) in [6, 6.07) is 15.3. The Hall–Kier alpha value is -3.67. The number of hydrogen-bond acceptors (Lipinski definition) is 4. The van der Waals surface area contributed by atoms with Crippen molar-refractivity contribution in [2.75, 3.05) is 11.4 Å². The minimum absolute atomic E-state index is 0.00690. The SMILES string of the molecule is Cc1ccc([C@H]2CC(=O)N(c3cc(C(N)=O)ccn3)C2)cc1Oc1c(C)cccc1C. The molecule has 0 radical (unpaired) electrons. The first kappa shape index (κ1) is 20.6. The number of benzene rings is 2. The summed E-state index contributed by atoms with van der Waals surface area (Å²) in [4.78, 5) is 30.1. The molecule has 4 rings (SSSR count). The quantitative estimate of drug-likeness (QED) is 0.668. The third-order valence-corrected chi connectivity index (χ3v) is 5.74. The summed E-state index contributed by atoms with van der Waals surface area (Å²) in [6.07, 6.45) is 1.87. The van der Waals surface area contributed by atoms with Crippen LogP contribution in [0.2, 0.25) is 0 Å². The third-order valence-electron chi connectivity index (χ3n) is 5.74. The fourth-order valence-electron chi connectivity index (χ4n) is 3.92. The smallest absolute Gasteiger partial charge is 0.248 e. The van der Waals surface area contributed by atoms with Gasteiger partial charge in [0.15, 0.2) is 0 Å². The van der Waals surface area contributed by atoms with Crippen LogP contribution in [-0.4, -0.2) is 23.3 Å². The van der Waals surface area contributed by atoms with Crippen LogP contribution in [0.15, 0.2) is 54.7 Å². The van der Waals surface area contributed by atoms with E-state index in [0.29, 0.717) is 24.3 Å². The number of aromatic nitrogens is 1. The van der Waals surface area contributed by atoms with Crippen LogP contribution >= 0.6 is 0 Å². The molecule has 0 saturated carbocycles. The summed E-state index contributed by atoms with van der Waals surface area (Å²) in [5, 5.41) is 0. The van der Waals surface area contributed by atoms with Gasteiger partial charge in [0.1, 0.15) is 17.3 Å². The van der Waals surface area contributed by atoms with Gasteiger partial charge in [0, 0.05) is 30.6 Å². The molecule has 2 aromatic carbocycles. The lowest BCUT2D eigenvalue weighted by Crippen LogP contribution is -2.26. The van der Waals surface area contributed by atoms with Gasteiger partial charge in [-0.05, 0) is 61.2 Å². The van der Waals surface area contributed by atoms with Crippen molar-refractivity contribution in [1.82, 2.24) is 4.98 Å². The Morgan fingerprint density at radius 3 is 2.52 bits per heavy atom. The maximum absolute atomic E-state index is 12.7. The van der Waals surface area contributed by atoms with E-state index in [2.05, 4.69) is 4.98 Å². The van der Waals surface area contributed by atoms with E-state index in [1.54, 1.807) is 17.0 Å². The average Bonchev–Trinajstić information content (AvgIpc) is 3.14. The molecule has 0 unspecified atom stereocenters. The van der Waals surface area contributed by atoms with Crippen LogP contribution in [0.4, 0.5) is 5.82 Å². The number of nitrogens with two attached hydrogens (primary N) is 1. The molecule has 1 atom stereocenters. The van der Waals surface area contributed by atoms with E-state index in [1.807, 2.05) is 57.2 Å². The van der Waals surface area contributed by atoms with Crippen LogP contribution in [0.25, 0.3) is 0 Å². The molecule has 158 valence electrons. The number of rotatable bonds is 5. The second kappa shape index (κ2) is 8.22. The normalized spacial score (nSPS) is 15.9. The second-order valence-corrected chi connectivity index (χ2v) is 8.02. The molecule has 0 bridgehead atoms. The maximum atomic E-state index is 12.7. The van der Waals surface area contributed by atoms with Gasteiger partial charge in [-0.2, -0.15) is 0 Å². The number of nitrogens with zero attached hydrogens (tertiary/aromatic N) is 2. The average molecular weight is 415 g/mol. The number of hydrogen-bond donors (Lipinski definition) is 1. The standard InChI is InChI=1S/C25H25N3O3/c1-15-7-8-18(11-21(15)31-24-16(2)5-4-6-17(24)3)20-13-23(29)28(14-20)22-12-19(25(26)30)9-10-27-22/h4-12,20H,13-14H2,1-3H3,(H2,26,30)/t20-/m0/s1. The molecule has 2 amide bonds. The van der Waals surface area contributed by atoms with E-state index in [0.717, 1.165) is 33.8 Å². The fraction of sp³-hybridized carbons (Fsp3) is 0.240. The number of pyridine rings is 1. The highest BCUT2D eigenvalue weighted by molar-refractivity contribution is 5.98. The largest absolute Gasteiger partial charge is 0.457 e. The number of primary amides is 1. The maximum Gasteiger partial charge on any atom is 0.248 e. The first-order valence-electron chi connectivity index (χ1n) is 10.2. The highest BCUT2D eigenvalue weighted by atomic mass is 16.5. The summed E-state index contributed by atoms with van der Waals surface area (Å²) in [5.41, 5.74) is 9.92. The Balaban J connectivity index is 1.59. The number of anilines is 1. The van der Waals surface area contributed by atoms with Gasteiger partial charge in [0.25, 0.3) is 0 Å². The van der Waals surface area contributed by atoms with Crippen LogP contribution in [0.3, 0.4) is 0 Å². The van der Waals surface area contributed by atoms with E-state index in [4.69, 9.17) is 10.5 Å². The Bertz CT molecular complexity index is 1150. The summed E-state index contributed by atoms with van der Waals surface area (Å²) in [5.74, 6) is 1.53. The van der Waals surface area contributed by atoms with Crippen molar-refractivity contribution in [1.29, 1.82) is 0 Å². The Kier molecular flexibility index (Phi) is 5.46. The van der Waals surface area contributed by atoms with E-state index in [1.165, 1.54) is 6.20 Å². The summed E-state index contributed by atoms with van der Waals surface area (Å²) in [7, 11) is 0. The van der Waals surface area contributed by atoms with E-state index >= 15 is 0 Å². The van der Waals surface area contributed by atoms with Gasteiger partial charge in [-0.25, -0.2) is 4.98 Å². The molecule has 1 fully saturated rings. The molecular formula is C25H25N3O3. The van der Waals surface area contributed by atoms with Crippen molar-refractivity contribution >= 4 is 17.6 Å². The van der Waals surface area contributed by atoms with Gasteiger partial charge in [-0.15, -0.1) is 0 Å². The number of ether oxygens (including phenoxy) is 1. The first-order chi connectivity index (χ1) is 14.8. The zero-order valence-corrected chi connectivity index (χ0v) is 17.9. The van der Waals surface area contributed by atoms with Gasteiger partial charge in [0.05, 0.1) is 0 Å². The molecule has 1 aliphatic rings. The highest BCUT2D eigenvalue weighted by Crippen LogP contribution is 2.36. The molecule has 6 heteroatoms. The van der Waals surface area contributed by atoms with Crippen LogP contribution < -0.4 is 15.4 Å². The third kappa shape index (κ3) is 4.14. The molecule has 3 aromatic rings. The van der Waals surface area contributed by atoms with Gasteiger partial charge >= 0.3 is 0 Å². The van der Waals surface area contributed by atoms with Crippen molar-refractivity contribution in [2.45, 2.75) is 33.1 Å². The zero-order chi connectivity index (χ0) is 22.1. The first-order valence-corrected chi connectivity index (χ1v) is 10.2. The molecule has 1 aromatic heterocycles. The minimum atomic E-state index is -0.543. The minimum Gasteiger partial charge on any atom is -0.457 e. The van der Waals surface area contributed by atoms with Gasteiger partial charge < -0.3 is 10.5 Å². The fourth-order valence-corrected chi connectivity index (χ4v) is 3.92. The molecule has 6 nitrogen and oxygen atoms in total. The van der Waals surface area contributed by atoms with Crippen molar-refractivity contribution in [3.05, 3.63) is 82.5 Å². The predicted octanol–water partition coefficient (Wildman–Crippen LogP) is 4.42. The zero-order valence-electron chi connectivity index (χ0n) is 17.9. The van der Waals surface area contributed by atoms with Crippen molar-refractivity contribution in [3.8, 4) is 11.5 Å². The lowest BCUT2D eigenvalue weighted by atomic mass is 9.97. The Labute approximate surface area is 181 Å². The number of aryl methyl sites for hydroxylation is 3. The number of para-hydroxylation sites is 1. The van der Waals surface area contributed by atoms with Gasteiger partial charge in [-0.3, -0.25) is 14.5 Å². The number of amides is 2. The molecule has 1 aliphatic heterocycles. The summed E-state index contributed by atoms with van der Waals surface area (Å²) < 4.78 is 6.29. The molecule has 2 heterocycles. The van der Waals surface area contributed by atoms with Crippen LogP contribution in [-0.2, 0) is 4.79 Å². The molecule has 1 saturated heterocycles. The summed E-state index contributed by atoms with van der Waals surface area (Å²) in [6.45, 7) is 6.56. The van der Waals surface area contributed by atoms with Crippen LogP contribution in [0.1, 0.15) is 45.0 Å². The highest BCUT2D eigenvalue weighted by Gasteiger charge is 2.33. The molecule has 31 heavy (non-hydrogen) atoms. The van der Waals surface area contributed by atoms with Crippen LogP contribution in [0.5, 0.6) is 11.5 Å². The monoisotopic (exact) mass is 415 g/mol. The van der Waals surface area contributed by atoms with Crippen molar-refractivity contribution in [3.63, 3.8) is 0 Å². The lowest BCUT2D eigenvalue weighted by molar-refractivity contribution is -0.117. The van der Waals surface area contributed by atoms with E-state index in [9.17, 15) is 9.59 Å². The van der Waals surface area contributed by atoms with Crippen molar-refractivity contribution < 1.29 is 14.3 Å². The number of carbonyl (C=O) groups is 2. The van der Waals surface area contributed by atoms with Gasteiger partial charge in [0.2, 0.25) is 11.8 Å².